The third-order valence-corrected chi connectivity index (χ3v) is 5.90. The number of fused-ring (bicyclic) bond motifs is 1. The average molecular weight is 443 g/mol. The lowest BCUT2D eigenvalue weighted by molar-refractivity contribution is 0.141. The van der Waals surface area contributed by atoms with Crippen molar-refractivity contribution in [2.75, 3.05) is 37.2 Å². The number of imidazole rings is 1. The van der Waals surface area contributed by atoms with Gasteiger partial charge in [-0.25, -0.2) is 19.7 Å². The van der Waals surface area contributed by atoms with Crippen LogP contribution in [0.25, 0.3) is 22.3 Å². The molecule has 0 bridgehead atoms. The number of nitrogens with two attached hydrogens (primary N) is 1. The van der Waals surface area contributed by atoms with Gasteiger partial charge in [0.05, 0.1) is 12.1 Å². The van der Waals surface area contributed by atoms with Crippen molar-refractivity contribution in [3.05, 3.63) is 66.7 Å². The Balaban J connectivity index is 1.19. The zero-order chi connectivity index (χ0) is 22.8. The number of amides is 2. The molecule has 1 fully saturated rings. The highest BCUT2D eigenvalue weighted by atomic mass is 16.2. The number of aromatic nitrogens is 4. The van der Waals surface area contributed by atoms with Crippen LogP contribution in [0.2, 0.25) is 0 Å². The van der Waals surface area contributed by atoms with E-state index in [1.54, 1.807) is 6.20 Å². The Kier molecular flexibility index (Phi) is 5.62. The second-order valence-electron chi connectivity index (χ2n) is 8.18. The lowest BCUT2D eigenvalue weighted by Gasteiger charge is -2.34. The van der Waals surface area contributed by atoms with Crippen molar-refractivity contribution in [3.8, 4) is 11.4 Å². The van der Waals surface area contributed by atoms with Crippen LogP contribution in [0.1, 0.15) is 5.82 Å². The second-order valence-corrected chi connectivity index (χ2v) is 8.18. The molecule has 2 amide bonds. The zero-order valence-corrected chi connectivity index (χ0v) is 18.5. The van der Waals surface area contributed by atoms with Gasteiger partial charge in [-0.3, -0.25) is 4.90 Å². The number of carbonyl (C=O) groups excluding carboxylic acids is 1. The molecule has 33 heavy (non-hydrogen) atoms. The summed E-state index contributed by atoms with van der Waals surface area (Å²) in [6, 6.07) is 15.4. The van der Waals surface area contributed by atoms with E-state index in [0.29, 0.717) is 31.3 Å². The molecular formula is C24H26N8O. The fourth-order valence-electron chi connectivity index (χ4n) is 4.11. The normalized spacial score (nSPS) is 14.5. The van der Waals surface area contributed by atoms with Crippen molar-refractivity contribution in [1.82, 2.24) is 29.3 Å². The number of aryl methyl sites for hydroxylation is 1. The Morgan fingerprint density at radius 2 is 1.88 bits per heavy atom. The van der Waals surface area contributed by atoms with Crippen molar-refractivity contribution in [3.63, 3.8) is 0 Å². The number of piperazine rings is 1. The number of benzene rings is 2. The molecule has 2 aromatic carbocycles. The summed E-state index contributed by atoms with van der Waals surface area (Å²) >= 11 is 0. The van der Waals surface area contributed by atoms with Crippen LogP contribution in [0.5, 0.6) is 0 Å². The molecule has 0 spiro atoms. The molecule has 1 saturated heterocycles. The molecule has 3 heterocycles. The number of carbonyl (C=O) groups is 1. The Labute approximate surface area is 191 Å². The maximum atomic E-state index is 12.8. The maximum absolute atomic E-state index is 12.8. The van der Waals surface area contributed by atoms with Crippen molar-refractivity contribution in [2.45, 2.75) is 6.54 Å². The van der Waals surface area contributed by atoms with Crippen molar-refractivity contribution >= 4 is 28.4 Å². The van der Waals surface area contributed by atoms with E-state index in [2.05, 4.69) is 25.2 Å². The van der Waals surface area contributed by atoms with Crippen molar-refractivity contribution in [1.29, 1.82) is 0 Å². The molecule has 0 aliphatic carbocycles. The Morgan fingerprint density at radius 1 is 1.06 bits per heavy atom. The molecule has 4 aromatic rings. The van der Waals surface area contributed by atoms with Crippen LogP contribution in [0.15, 0.2) is 60.9 Å². The second kappa shape index (κ2) is 8.87. The summed E-state index contributed by atoms with van der Waals surface area (Å²) in [6.07, 6.45) is 3.66. The first-order valence-corrected chi connectivity index (χ1v) is 10.9. The van der Waals surface area contributed by atoms with Gasteiger partial charge < -0.3 is 20.5 Å². The molecule has 0 atom stereocenters. The monoisotopic (exact) mass is 442 g/mol. The van der Waals surface area contributed by atoms with Gasteiger partial charge in [-0.1, -0.05) is 24.3 Å². The molecule has 3 N–H and O–H groups in total. The molecule has 1 aliphatic rings. The van der Waals surface area contributed by atoms with Gasteiger partial charge in [-0.15, -0.1) is 0 Å². The predicted octanol–water partition coefficient (Wildman–Crippen LogP) is 2.96. The number of anilines is 2. The molecule has 0 unspecified atom stereocenters. The van der Waals surface area contributed by atoms with Gasteiger partial charge in [0.25, 0.3) is 0 Å². The number of hydrogen-bond acceptors (Lipinski definition) is 6. The molecule has 168 valence electrons. The van der Waals surface area contributed by atoms with E-state index >= 15 is 0 Å². The highest BCUT2D eigenvalue weighted by molar-refractivity contribution is 5.90. The summed E-state index contributed by atoms with van der Waals surface area (Å²) < 4.78 is 1.95. The predicted molar refractivity (Wildman–Crippen MR) is 128 cm³/mol. The van der Waals surface area contributed by atoms with Crippen LogP contribution in [-0.4, -0.2) is 61.5 Å². The van der Waals surface area contributed by atoms with E-state index in [0.717, 1.165) is 41.1 Å². The third kappa shape index (κ3) is 4.49. The molecule has 5 rings (SSSR count). The lowest BCUT2D eigenvalue weighted by atomic mass is 10.2. The number of nitrogens with zero attached hydrogens (tertiary/aromatic N) is 6. The summed E-state index contributed by atoms with van der Waals surface area (Å²) in [5, 5.41) is 3.89. The average Bonchev–Trinajstić information content (AvgIpc) is 3.26. The molecule has 0 radical (unpaired) electrons. The fourth-order valence-corrected chi connectivity index (χ4v) is 4.11. The Bertz CT molecular complexity index is 1290. The molecule has 2 aromatic heterocycles. The lowest BCUT2D eigenvalue weighted by Crippen LogP contribution is -2.49. The van der Waals surface area contributed by atoms with E-state index in [1.165, 1.54) is 0 Å². The minimum atomic E-state index is -0.0992. The summed E-state index contributed by atoms with van der Waals surface area (Å²) in [5.41, 5.74) is 8.67. The zero-order valence-electron chi connectivity index (χ0n) is 18.5. The van der Waals surface area contributed by atoms with E-state index in [9.17, 15) is 4.79 Å². The number of urea groups is 1. The van der Waals surface area contributed by atoms with E-state index < -0.39 is 0 Å². The number of nitrogens with one attached hydrogen (secondary N) is 1. The summed E-state index contributed by atoms with van der Waals surface area (Å²) in [7, 11) is 1.95. The standard InChI is InChI=1S/C24H26N8O/c1-30-10-9-26-23(30)17-5-4-6-18(15-17)27-24(33)32-13-11-31(12-14-32)16-21-28-20-8-3-2-7-19(20)22(25)29-21/h2-10,15H,11-14,16H2,1H3,(H,27,33)(H2,25,28,29). The number of hydrogen-bond donors (Lipinski definition) is 2. The first-order chi connectivity index (χ1) is 16.1. The number of para-hydroxylation sites is 1. The number of nitrogen functional groups attached to an aromatic ring is 1. The topological polar surface area (TPSA) is 105 Å². The molecule has 1 aliphatic heterocycles. The van der Waals surface area contributed by atoms with Crippen LogP contribution in [0.4, 0.5) is 16.3 Å². The number of rotatable bonds is 4. The Morgan fingerprint density at radius 3 is 2.67 bits per heavy atom. The summed E-state index contributed by atoms with van der Waals surface area (Å²) in [5.74, 6) is 2.06. The van der Waals surface area contributed by atoms with Crippen LogP contribution in [0.3, 0.4) is 0 Å². The van der Waals surface area contributed by atoms with Crippen LogP contribution >= 0.6 is 0 Å². The molecule has 0 saturated carbocycles. The summed E-state index contributed by atoms with van der Waals surface area (Å²) in [6.45, 7) is 3.37. The van der Waals surface area contributed by atoms with Gasteiger partial charge in [0.2, 0.25) is 0 Å². The van der Waals surface area contributed by atoms with Gasteiger partial charge in [-0.2, -0.15) is 0 Å². The van der Waals surface area contributed by atoms with Gasteiger partial charge in [0, 0.05) is 62.3 Å². The van der Waals surface area contributed by atoms with Gasteiger partial charge in [0.1, 0.15) is 17.5 Å². The highest BCUT2D eigenvalue weighted by Crippen LogP contribution is 2.21. The van der Waals surface area contributed by atoms with E-state index in [4.69, 9.17) is 5.73 Å². The van der Waals surface area contributed by atoms with E-state index in [-0.39, 0.29) is 6.03 Å². The minimum Gasteiger partial charge on any atom is -0.383 e. The Hall–Kier alpha value is -3.98. The van der Waals surface area contributed by atoms with Crippen LogP contribution in [-0.2, 0) is 13.6 Å². The summed E-state index contributed by atoms with van der Waals surface area (Å²) in [4.78, 5) is 30.4. The van der Waals surface area contributed by atoms with E-state index in [1.807, 2.05) is 71.2 Å². The van der Waals surface area contributed by atoms with Crippen LogP contribution in [0, 0.1) is 0 Å². The van der Waals surface area contributed by atoms with Crippen LogP contribution < -0.4 is 11.1 Å². The fraction of sp³-hybridized carbons (Fsp3) is 0.250. The van der Waals surface area contributed by atoms with Crippen molar-refractivity contribution in [2.24, 2.45) is 7.05 Å². The smallest absolute Gasteiger partial charge is 0.321 e. The highest BCUT2D eigenvalue weighted by Gasteiger charge is 2.22. The van der Waals surface area contributed by atoms with Gasteiger partial charge in [-0.05, 0) is 24.3 Å². The molecule has 9 nitrogen and oxygen atoms in total. The minimum absolute atomic E-state index is 0.0992. The first-order valence-electron chi connectivity index (χ1n) is 10.9. The van der Waals surface area contributed by atoms with Crippen molar-refractivity contribution < 1.29 is 4.79 Å². The third-order valence-electron chi connectivity index (χ3n) is 5.90. The SMILES string of the molecule is Cn1ccnc1-c1cccc(NC(=O)N2CCN(Cc3nc(N)c4ccccc4n3)CC2)c1. The maximum Gasteiger partial charge on any atom is 0.321 e. The molecular weight excluding hydrogens is 416 g/mol. The van der Waals surface area contributed by atoms with Gasteiger partial charge in [0.15, 0.2) is 0 Å². The first kappa shape index (κ1) is 20.9. The molecule has 9 heteroatoms. The largest absolute Gasteiger partial charge is 0.383 e. The van der Waals surface area contributed by atoms with Gasteiger partial charge >= 0.3 is 6.03 Å². The quantitative estimate of drug-likeness (QED) is 0.503.